The molecule has 0 radical (unpaired) electrons. The number of amides is 2. The van der Waals surface area contributed by atoms with Gasteiger partial charge in [0.05, 0.1) is 19.3 Å². The van der Waals surface area contributed by atoms with Gasteiger partial charge >= 0.3 is 6.03 Å². The maximum atomic E-state index is 12.0. The molecule has 1 rings (SSSR count). The van der Waals surface area contributed by atoms with Gasteiger partial charge in [0, 0.05) is 40.5 Å². The lowest BCUT2D eigenvalue weighted by molar-refractivity contribution is 0.102. The molecule has 1 atom stereocenters. The molecule has 6 nitrogen and oxygen atoms in total. The molecule has 18 heavy (non-hydrogen) atoms. The Bertz CT molecular complexity index is 224. The predicted molar refractivity (Wildman–Crippen MR) is 67.7 cm³/mol. The summed E-state index contributed by atoms with van der Waals surface area (Å²) in [4.78, 5) is 13.7. The van der Waals surface area contributed by atoms with Gasteiger partial charge in [-0.1, -0.05) is 0 Å². The van der Waals surface area contributed by atoms with Crippen LogP contribution in [0.4, 0.5) is 4.79 Å². The quantitative estimate of drug-likeness (QED) is 0.689. The highest BCUT2D eigenvalue weighted by Gasteiger charge is 2.18. The highest BCUT2D eigenvalue weighted by Crippen LogP contribution is 2.10. The third kappa shape index (κ3) is 5.66. The number of urea groups is 1. The summed E-state index contributed by atoms with van der Waals surface area (Å²) in [5, 5.41) is 2.89. The zero-order valence-corrected chi connectivity index (χ0v) is 11.3. The van der Waals surface area contributed by atoms with E-state index in [0.29, 0.717) is 32.8 Å². The highest BCUT2D eigenvalue weighted by molar-refractivity contribution is 5.74. The molecule has 1 aliphatic heterocycles. The molecule has 0 aliphatic carbocycles. The number of nitrogens with one attached hydrogen (secondary N) is 1. The molecule has 1 heterocycles. The van der Waals surface area contributed by atoms with Crippen molar-refractivity contribution in [1.29, 1.82) is 0 Å². The van der Waals surface area contributed by atoms with E-state index in [0.717, 1.165) is 19.4 Å². The van der Waals surface area contributed by atoms with E-state index in [-0.39, 0.29) is 12.1 Å². The van der Waals surface area contributed by atoms with Crippen molar-refractivity contribution in [3.8, 4) is 0 Å². The van der Waals surface area contributed by atoms with Gasteiger partial charge in [0.1, 0.15) is 0 Å². The second-order valence-corrected chi connectivity index (χ2v) is 4.29. The Morgan fingerprint density at radius 1 is 1.33 bits per heavy atom. The number of methoxy groups -OCH3 is 2. The van der Waals surface area contributed by atoms with Crippen molar-refractivity contribution >= 4 is 6.03 Å². The monoisotopic (exact) mass is 260 g/mol. The fourth-order valence-corrected chi connectivity index (χ4v) is 1.84. The molecule has 1 N–H and O–H groups in total. The Morgan fingerprint density at radius 3 is 2.50 bits per heavy atom. The lowest BCUT2D eigenvalue weighted by atomic mass is 10.2. The lowest BCUT2D eigenvalue weighted by Gasteiger charge is -2.23. The molecule has 1 aliphatic rings. The molecule has 0 bridgehead atoms. The van der Waals surface area contributed by atoms with Crippen LogP contribution in [0.2, 0.25) is 0 Å². The van der Waals surface area contributed by atoms with Crippen molar-refractivity contribution in [1.82, 2.24) is 10.2 Å². The highest BCUT2D eigenvalue weighted by atomic mass is 16.5. The first-order valence-corrected chi connectivity index (χ1v) is 6.40. The molecule has 0 aromatic rings. The predicted octanol–water partition coefficient (Wildman–Crippen LogP) is 0.470. The maximum Gasteiger partial charge on any atom is 0.317 e. The zero-order valence-electron chi connectivity index (χ0n) is 11.3. The summed E-state index contributed by atoms with van der Waals surface area (Å²) >= 11 is 0. The van der Waals surface area contributed by atoms with Crippen LogP contribution in [0.1, 0.15) is 12.8 Å². The summed E-state index contributed by atoms with van der Waals surface area (Å²) in [6, 6.07) is -0.0837. The zero-order chi connectivity index (χ0) is 13.2. The maximum absolute atomic E-state index is 12.0. The van der Waals surface area contributed by atoms with E-state index in [1.54, 1.807) is 19.1 Å². The van der Waals surface area contributed by atoms with Crippen LogP contribution in [-0.4, -0.2) is 70.7 Å². The van der Waals surface area contributed by atoms with Gasteiger partial charge in [-0.05, 0) is 12.8 Å². The van der Waals surface area contributed by atoms with Crippen LogP contribution >= 0.6 is 0 Å². The van der Waals surface area contributed by atoms with Crippen molar-refractivity contribution in [2.75, 3.05) is 53.7 Å². The summed E-state index contributed by atoms with van der Waals surface area (Å²) in [7, 11) is 3.25. The Kier molecular flexibility index (Phi) is 7.71. The first kappa shape index (κ1) is 15.2. The van der Waals surface area contributed by atoms with Crippen molar-refractivity contribution in [2.24, 2.45) is 0 Å². The fourth-order valence-electron chi connectivity index (χ4n) is 1.84. The molecular formula is C12H24N2O4. The van der Waals surface area contributed by atoms with Gasteiger partial charge in [0.2, 0.25) is 0 Å². The van der Waals surface area contributed by atoms with Crippen LogP contribution < -0.4 is 5.32 Å². The fraction of sp³-hybridized carbons (Fsp3) is 0.917. The van der Waals surface area contributed by atoms with Crippen LogP contribution in [0.5, 0.6) is 0 Å². The number of ether oxygens (including phenoxy) is 3. The van der Waals surface area contributed by atoms with Crippen LogP contribution in [-0.2, 0) is 14.2 Å². The Hall–Kier alpha value is -0.850. The van der Waals surface area contributed by atoms with Gasteiger partial charge < -0.3 is 24.4 Å². The third-order valence-electron chi connectivity index (χ3n) is 2.92. The van der Waals surface area contributed by atoms with Crippen LogP contribution in [0, 0.1) is 0 Å². The molecular weight excluding hydrogens is 236 g/mol. The smallest absolute Gasteiger partial charge is 0.317 e. The van der Waals surface area contributed by atoms with Gasteiger partial charge in [-0.3, -0.25) is 0 Å². The molecule has 0 aromatic heterocycles. The van der Waals surface area contributed by atoms with E-state index < -0.39 is 0 Å². The SMILES string of the molecule is COCCN(CCOC)C(=O)NC[C@H]1CCCO1. The molecule has 0 aromatic carbocycles. The van der Waals surface area contributed by atoms with E-state index in [1.807, 2.05) is 0 Å². The molecule has 1 saturated heterocycles. The van der Waals surface area contributed by atoms with Crippen LogP contribution in [0.3, 0.4) is 0 Å². The molecule has 0 saturated carbocycles. The van der Waals surface area contributed by atoms with E-state index in [1.165, 1.54) is 0 Å². The molecule has 6 heteroatoms. The number of rotatable bonds is 8. The first-order valence-electron chi connectivity index (χ1n) is 6.40. The number of hydrogen-bond donors (Lipinski definition) is 1. The molecule has 106 valence electrons. The van der Waals surface area contributed by atoms with E-state index >= 15 is 0 Å². The Morgan fingerprint density at radius 2 is 2.00 bits per heavy atom. The topological polar surface area (TPSA) is 60.0 Å². The van der Waals surface area contributed by atoms with Gasteiger partial charge in [-0.25, -0.2) is 4.79 Å². The lowest BCUT2D eigenvalue weighted by Crippen LogP contribution is -2.45. The Balaban J connectivity index is 2.27. The summed E-state index contributed by atoms with van der Waals surface area (Å²) in [5.41, 5.74) is 0. The standard InChI is InChI=1S/C12H24N2O4/c1-16-8-5-14(6-9-17-2)12(15)13-10-11-4-3-7-18-11/h11H,3-10H2,1-2H3,(H,13,15)/t11-/m1/s1. The molecule has 1 fully saturated rings. The van der Waals surface area contributed by atoms with Crippen LogP contribution in [0.15, 0.2) is 0 Å². The average molecular weight is 260 g/mol. The molecule has 0 spiro atoms. The van der Waals surface area contributed by atoms with E-state index in [4.69, 9.17) is 14.2 Å². The van der Waals surface area contributed by atoms with Gasteiger partial charge in [0.15, 0.2) is 0 Å². The van der Waals surface area contributed by atoms with Gasteiger partial charge in [0.25, 0.3) is 0 Å². The number of hydrogen-bond acceptors (Lipinski definition) is 4. The third-order valence-corrected chi connectivity index (χ3v) is 2.92. The normalized spacial score (nSPS) is 18.9. The summed E-state index contributed by atoms with van der Waals surface area (Å²) in [5.74, 6) is 0. The average Bonchev–Trinajstić information content (AvgIpc) is 2.89. The Labute approximate surface area is 109 Å². The first-order chi connectivity index (χ1) is 8.77. The van der Waals surface area contributed by atoms with E-state index in [9.17, 15) is 4.79 Å². The van der Waals surface area contributed by atoms with Crippen molar-refractivity contribution < 1.29 is 19.0 Å². The number of carbonyl (C=O) groups excluding carboxylic acids is 1. The minimum Gasteiger partial charge on any atom is -0.383 e. The summed E-state index contributed by atoms with van der Waals surface area (Å²) < 4.78 is 15.4. The minimum atomic E-state index is -0.0837. The minimum absolute atomic E-state index is 0.0837. The summed E-state index contributed by atoms with van der Waals surface area (Å²) in [6.07, 6.45) is 2.27. The largest absolute Gasteiger partial charge is 0.383 e. The molecule has 2 amide bonds. The van der Waals surface area contributed by atoms with Crippen LogP contribution in [0.25, 0.3) is 0 Å². The number of nitrogens with zero attached hydrogens (tertiary/aromatic N) is 1. The van der Waals surface area contributed by atoms with Crippen molar-refractivity contribution in [2.45, 2.75) is 18.9 Å². The van der Waals surface area contributed by atoms with E-state index in [2.05, 4.69) is 5.32 Å². The van der Waals surface area contributed by atoms with Crippen molar-refractivity contribution in [3.63, 3.8) is 0 Å². The second-order valence-electron chi connectivity index (χ2n) is 4.29. The van der Waals surface area contributed by atoms with Gasteiger partial charge in [-0.15, -0.1) is 0 Å². The molecule has 0 unspecified atom stereocenters. The second kappa shape index (κ2) is 9.13. The van der Waals surface area contributed by atoms with Crippen molar-refractivity contribution in [3.05, 3.63) is 0 Å². The number of carbonyl (C=O) groups is 1. The van der Waals surface area contributed by atoms with Gasteiger partial charge in [-0.2, -0.15) is 0 Å². The summed E-state index contributed by atoms with van der Waals surface area (Å²) in [6.45, 7) is 3.56.